The molecule has 2 aromatic carbocycles. The van der Waals surface area contributed by atoms with Crippen LogP contribution in [0, 0.1) is 0 Å². The van der Waals surface area contributed by atoms with Gasteiger partial charge in [0.15, 0.2) is 22.5 Å². The van der Waals surface area contributed by atoms with Gasteiger partial charge in [0, 0.05) is 11.6 Å². The molecule has 3 aromatic rings. The molecular weight excluding hydrogens is 524 g/mol. The average molecular weight is 550 g/mol. The molecule has 3 heterocycles. The third-order valence-corrected chi connectivity index (χ3v) is 7.03. The second-order valence-electron chi connectivity index (χ2n) is 9.51. The average Bonchev–Trinajstić information content (AvgIpc) is 2.89. The zero-order valence-corrected chi connectivity index (χ0v) is 19.9. The minimum atomic E-state index is -1.88. The number of fused-ring (bicyclic) bond motifs is 1. The summed E-state index contributed by atoms with van der Waals surface area (Å²) in [7, 11) is 0. The zero-order chi connectivity index (χ0) is 28.3. The molecule has 0 saturated carbocycles. The van der Waals surface area contributed by atoms with Crippen LogP contribution in [0.3, 0.4) is 0 Å². The molecule has 0 spiro atoms. The monoisotopic (exact) mass is 550 g/mol. The molecule has 5 rings (SSSR count). The Hall–Kier alpha value is -3.47. The number of ether oxygens (including phenoxy) is 2. The van der Waals surface area contributed by atoms with Crippen molar-refractivity contribution in [3.8, 4) is 34.3 Å². The molecule has 0 radical (unpaired) electrons. The van der Waals surface area contributed by atoms with Gasteiger partial charge >= 0.3 is 0 Å². The molecule has 39 heavy (non-hydrogen) atoms. The lowest BCUT2D eigenvalue weighted by Gasteiger charge is -2.38. The summed E-state index contributed by atoms with van der Waals surface area (Å²) in [6.45, 7) is -1.02. The molecule has 2 saturated heterocycles. The highest BCUT2D eigenvalue weighted by Crippen LogP contribution is 2.50. The summed E-state index contributed by atoms with van der Waals surface area (Å²) in [5.41, 5.74) is -2.36. The molecule has 1 aromatic heterocycles. The normalized spacial score (nSPS) is 31.4. The van der Waals surface area contributed by atoms with E-state index in [1.165, 1.54) is 6.07 Å². The molecular formula is C25H26O14. The van der Waals surface area contributed by atoms with Crippen molar-refractivity contribution in [1.82, 2.24) is 0 Å². The van der Waals surface area contributed by atoms with E-state index >= 15 is 0 Å². The Balaban J connectivity index is 1.80. The van der Waals surface area contributed by atoms with Gasteiger partial charge in [-0.2, -0.15) is 0 Å². The van der Waals surface area contributed by atoms with Gasteiger partial charge in [-0.05, 0) is 18.2 Å². The largest absolute Gasteiger partial charge is 0.507 e. The van der Waals surface area contributed by atoms with E-state index in [1.54, 1.807) is 0 Å². The van der Waals surface area contributed by atoms with E-state index < -0.39 is 113 Å². The fourth-order valence-electron chi connectivity index (χ4n) is 4.88. The minimum absolute atomic E-state index is 0.0991. The van der Waals surface area contributed by atoms with Crippen molar-refractivity contribution < 1.29 is 65.0 Å². The topological polar surface area (TPSA) is 251 Å². The first-order valence-electron chi connectivity index (χ1n) is 11.8. The summed E-state index contributed by atoms with van der Waals surface area (Å²) in [6.07, 6.45) is -13.6. The van der Waals surface area contributed by atoms with E-state index in [4.69, 9.17) is 13.9 Å². The third-order valence-electron chi connectivity index (χ3n) is 7.03. The first-order valence-corrected chi connectivity index (χ1v) is 11.8. The maximum Gasteiger partial charge on any atom is 0.197 e. The van der Waals surface area contributed by atoms with Gasteiger partial charge in [-0.1, -0.05) is 0 Å². The van der Waals surface area contributed by atoms with E-state index in [-0.39, 0.29) is 11.3 Å². The van der Waals surface area contributed by atoms with E-state index in [1.807, 2.05) is 0 Å². The first-order chi connectivity index (χ1) is 18.4. The minimum Gasteiger partial charge on any atom is -0.507 e. The van der Waals surface area contributed by atoms with Gasteiger partial charge in [-0.3, -0.25) is 4.79 Å². The van der Waals surface area contributed by atoms with Crippen LogP contribution in [0.2, 0.25) is 0 Å². The molecule has 0 aliphatic carbocycles. The summed E-state index contributed by atoms with van der Waals surface area (Å²) >= 11 is 0. The quantitative estimate of drug-likeness (QED) is 0.168. The zero-order valence-electron chi connectivity index (χ0n) is 19.9. The number of hydrogen-bond acceptors (Lipinski definition) is 14. The van der Waals surface area contributed by atoms with E-state index in [0.29, 0.717) is 0 Å². The third kappa shape index (κ3) is 4.36. The molecule has 10 N–H and O–H groups in total. The van der Waals surface area contributed by atoms with E-state index in [2.05, 4.69) is 0 Å². The van der Waals surface area contributed by atoms with Crippen LogP contribution in [-0.4, -0.2) is 101 Å². The van der Waals surface area contributed by atoms with Crippen molar-refractivity contribution in [2.45, 2.75) is 48.8 Å². The Morgan fingerprint density at radius 3 is 1.79 bits per heavy atom. The molecule has 0 unspecified atom stereocenters. The van der Waals surface area contributed by atoms with Crippen molar-refractivity contribution in [2.75, 3.05) is 13.2 Å². The van der Waals surface area contributed by atoms with Crippen LogP contribution >= 0.6 is 0 Å². The van der Waals surface area contributed by atoms with Crippen LogP contribution in [0.15, 0.2) is 33.5 Å². The van der Waals surface area contributed by atoms with Gasteiger partial charge in [-0.25, -0.2) is 0 Å². The standard InChI is InChI=1S/C25H26O14/c26-8-2-1-7(3-9(8)27)13-4-10(28)14-19(33)15(24-21(35)17(31)11(29)5-37-24)20(34)16(23(14)39-13)25-22(36)18(32)12(30)6-38-25/h1-4,11-12,17-18,21-22,24-27,29-36H,5-6H2/t11-,12-,17+,18+,21+,22-,24+,25+/m1/s1. The lowest BCUT2D eigenvalue weighted by Crippen LogP contribution is -2.49. The van der Waals surface area contributed by atoms with Gasteiger partial charge in [-0.15, -0.1) is 0 Å². The molecule has 8 atom stereocenters. The molecule has 2 aliphatic rings. The molecule has 14 heteroatoms. The van der Waals surface area contributed by atoms with Crippen LogP contribution in [0.5, 0.6) is 23.0 Å². The number of rotatable bonds is 3. The van der Waals surface area contributed by atoms with Crippen LogP contribution in [0.1, 0.15) is 23.3 Å². The fourth-order valence-corrected chi connectivity index (χ4v) is 4.88. The van der Waals surface area contributed by atoms with E-state index in [9.17, 15) is 55.9 Å². The van der Waals surface area contributed by atoms with Gasteiger partial charge < -0.3 is 65.0 Å². The number of aromatic hydroxyl groups is 4. The molecule has 2 fully saturated rings. The molecule has 14 nitrogen and oxygen atoms in total. The Bertz CT molecular complexity index is 1470. The highest BCUT2D eigenvalue weighted by Gasteiger charge is 2.46. The Kier molecular flexibility index (Phi) is 6.90. The molecule has 210 valence electrons. The van der Waals surface area contributed by atoms with Crippen LogP contribution in [0.4, 0.5) is 0 Å². The van der Waals surface area contributed by atoms with Crippen molar-refractivity contribution in [1.29, 1.82) is 0 Å². The maximum atomic E-state index is 13.3. The SMILES string of the molecule is O=c1cc(-c2ccc(O)c(O)c2)oc2c([C@@H]3OC[C@@H](O)[C@H](O)[C@H]3O)c(O)c([C@@H]3OC[C@@H](O)[C@H](O)[C@@H]3O)c(O)c12. The number of aliphatic hydroxyl groups excluding tert-OH is 6. The number of benzene rings is 2. The fraction of sp³-hybridized carbons (Fsp3) is 0.400. The maximum absolute atomic E-state index is 13.3. The van der Waals surface area contributed by atoms with Crippen molar-refractivity contribution in [2.24, 2.45) is 0 Å². The van der Waals surface area contributed by atoms with Crippen molar-refractivity contribution in [3.63, 3.8) is 0 Å². The van der Waals surface area contributed by atoms with E-state index in [0.717, 1.165) is 18.2 Å². The highest BCUT2D eigenvalue weighted by molar-refractivity contribution is 5.92. The van der Waals surface area contributed by atoms with Crippen molar-refractivity contribution in [3.05, 3.63) is 45.6 Å². The number of phenolic OH excluding ortho intramolecular Hbond substituents is 4. The summed E-state index contributed by atoms with van der Waals surface area (Å²) in [4.78, 5) is 13.3. The van der Waals surface area contributed by atoms with Crippen molar-refractivity contribution >= 4 is 11.0 Å². The summed E-state index contributed by atoms with van der Waals surface area (Å²) in [5, 5.41) is 103. The number of hydrogen-bond donors (Lipinski definition) is 10. The van der Waals surface area contributed by atoms with Gasteiger partial charge in [0.05, 0.1) is 24.3 Å². The molecule has 2 aliphatic heterocycles. The Labute approximate surface area is 218 Å². The predicted molar refractivity (Wildman–Crippen MR) is 128 cm³/mol. The first kappa shape index (κ1) is 27.1. The Morgan fingerprint density at radius 1 is 0.667 bits per heavy atom. The highest BCUT2D eigenvalue weighted by atomic mass is 16.5. The van der Waals surface area contributed by atoms with Crippen LogP contribution < -0.4 is 5.43 Å². The molecule has 0 bridgehead atoms. The smallest absolute Gasteiger partial charge is 0.197 e. The van der Waals surface area contributed by atoms with Gasteiger partial charge in [0.2, 0.25) is 0 Å². The second kappa shape index (κ2) is 9.93. The van der Waals surface area contributed by atoms with Gasteiger partial charge in [0.1, 0.15) is 71.5 Å². The van der Waals surface area contributed by atoms with Crippen LogP contribution in [-0.2, 0) is 9.47 Å². The lowest BCUT2D eigenvalue weighted by molar-refractivity contribution is -0.191. The van der Waals surface area contributed by atoms with Crippen LogP contribution in [0.25, 0.3) is 22.3 Å². The Morgan fingerprint density at radius 2 is 1.23 bits per heavy atom. The predicted octanol–water partition coefficient (Wildman–Crippen LogP) is -1.41. The summed E-state index contributed by atoms with van der Waals surface area (Å²) in [6, 6.07) is 4.45. The summed E-state index contributed by atoms with van der Waals surface area (Å²) < 4.78 is 16.7. The van der Waals surface area contributed by atoms with Gasteiger partial charge in [0.25, 0.3) is 0 Å². The number of aliphatic hydroxyl groups is 6. The molecule has 0 amide bonds. The summed E-state index contributed by atoms with van der Waals surface area (Å²) in [5.74, 6) is -2.99. The second-order valence-corrected chi connectivity index (χ2v) is 9.51. The number of phenols is 4. The lowest BCUT2D eigenvalue weighted by atomic mass is 9.87.